The van der Waals surface area contributed by atoms with E-state index in [1.54, 1.807) is 6.20 Å². The number of rotatable bonds is 2. The summed E-state index contributed by atoms with van der Waals surface area (Å²) in [6.45, 7) is 0. The van der Waals surface area contributed by atoms with Crippen molar-refractivity contribution in [2.45, 2.75) is 0 Å². The van der Waals surface area contributed by atoms with Gasteiger partial charge in [0.25, 0.3) is 6.01 Å². The van der Waals surface area contributed by atoms with Crippen molar-refractivity contribution in [3.8, 4) is 22.5 Å². The molecule has 3 rings (SSSR count). The fourth-order valence-corrected chi connectivity index (χ4v) is 1.88. The second-order valence-electron chi connectivity index (χ2n) is 4.01. The number of nitrogens with zero attached hydrogens (tertiary/aromatic N) is 1. The quantitative estimate of drug-likeness (QED) is 0.739. The van der Waals surface area contributed by atoms with Crippen molar-refractivity contribution in [3.05, 3.63) is 60.8 Å². The Balaban J connectivity index is 1.94. The Bertz CT molecular complexity index is 642. The zero-order valence-corrected chi connectivity index (χ0v) is 9.71. The Kier molecular flexibility index (Phi) is 2.57. The number of hydrogen-bond donors (Lipinski definition) is 1. The smallest absolute Gasteiger partial charge is 0.292 e. The normalized spacial score (nSPS) is 10.4. The number of anilines is 1. The zero-order valence-electron chi connectivity index (χ0n) is 9.71. The van der Waals surface area contributed by atoms with Crippen LogP contribution in [0.1, 0.15) is 0 Å². The molecule has 88 valence electrons. The first-order chi connectivity index (χ1) is 8.83. The minimum Gasteiger partial charge on any atom is -0.424 e. The summed E-state index contributed by atoms with van der Waals surface area (Å²) in [7, 11) is 0. The average molecular weight is 236 g/mol. The molecule has 1 aromatic heterocycles. The van der Waals surface area contributed by atoms with Gasteiger partial charge >= 0.3 is 0 Å². The van der Waals surface area contributed by atoms with Gasteiger partial charge in [-0.25, -0.2) is 4.98 Å². The zero-order chi connectivity index (χ0) is 12.4. The van der Waals surface area contributed by atoms with Crippen molar-refractivity contribution in [2.24, 2.45) is 0 Å². The van der Waals surface area contributed by atoms with Crippen molar-refractivity contribution in [2.75, 3.05) is 5.73 Å². The molecular formula is C15H12N2O. The summed E-state index contributed by atoms with van der Waals surface area (Å²) in [4.78, 5) is 3.88. The molecule has 0 atom stereocenters. The first-order valence-electron chi connectivity index (χ1n) is 5.70. The van der Waals surface area contributed by atoms with E-state index in [9.17, 15) is 0 Å². The van der Waals surface area contributed by atoms with E-state index in [1.165, 1.54) is 11.1 Å². The summed E-state index contributed by atoms with van der Waals surface area (Å²) in [5.41, 5.74) is 8.80. The number of nitrogen functional groups attached to an aromatic ring is 1. The van der Waals surface area contributed by atoms with Crippen LogP contribution >= 0.6 is 0 Å². The third-order valence-electron chi connectivity index (χ3n) is 2.80. The van der Waals surface area contributed by atoms with Crippen molar-refractivity contribution in [1.29, 1.82) is 0 Å². The van der Waals surface area contributed by atoms with Gasteiger partial charge in [-0.05, 0) is 11.1 Å². The Morgan fingerprint density at radius 1 is 0.778 bits per heavy atom. The fraction of sp³-hybridized carbons (Fsp3) is 0. The lowest BCUT2D eigenvalue weighted by Gasteiger charge is -2.02. The van der Waals surface area contributed by atoms with Gasteiger partial charge in [0.2, 0.25) is 0 Å². The van der Waals surface area contributed by atoms with Gasteiger partial charge in [-0.3, -0.25) is 0 Å². The molecule has 0 amide bonds. The number of benzene rings is 2. The van der Waals surface area contributed by atoms with Crippen LogP contribution in [-0.4, -0.2) is 4.98 Å². The van der Waals surface area contributed by atoms with E-state index in [0.29, 0.717) is 5.76 Å². The molecule has 0 aliphatic carbocycles. The molecule has 2 N–H and O–H groups in total. The molecule has 0 fully saturated rings. The molecule has 1 heterocycles. The predicted octanol–water partition coefficient (Wildman–Crippen LogP) is 3.59. The van der Waals surface area contributed by atoms with Gasteiger partial charge in [-0.2, -0.15) is 0 Å². The lowest BCUT2D eigenvalue weighted by atomic mass is 10.0. The molecule has 3 nitrogen and oxygen atoms in total. The van der Waals surface area contributed by atoms with E-state index in [2.05, 4.69) is 29.2 Å². The third kappa shape index (κ3) is 1.98. The molecule has 0 spiro atoms. The first kappa shape index (κ1) is 10.6. The van der Waals surface area contributed by atoms with Gasteiger partial charge in [0.15, 0.2) is 5.76 Å². The molecule has 0 saturated carbocycles. The SMILES string of the molecule is Nc1ncc(-c2ccc(-c3ccccc3)cc2)o1. The van der Waals surface area contributed by atoms with E-state index in [-0.39, 0.29) is 6.01 Å². The summed E-state index contributed by atoms with van der Waals surface area (Å²) in [6.07, 6.45) is 1.63. The minimum absolute atomic E-state index is 0.192. The highest BCUT2D eigenvalue weighted by molar-refractivity contribution is 5.68. The van der Waals surface area contributed by atoms with Crippen molar-refractivity contribution < 1.29 is 4.42 Å². The molecule has 0 bridgehead atoms. The minimum atomic E-state index is 0.192. The maximum atomic E-state index is 5.46. The van der Waals surface area contributed by atoms with Gasteiger partial charge in [0.05, 0.1) is 6.20 Å². The highest BCUT2D eigenvalue weighted by Crippen LogP contribution is 2.25. The maximum absolute atomic E-state index is 5.46. The summed E-state index contributed by atoms with van der Waals surface area (Å²) in [5, 5.41) is 0. The number of hydrogen-bond acceptors (Lipinski definition) is 3. The molecule has 3 aromatic rings. The van der Waals surface area contributed by atoms with Crippen LogP contribution < -0.4 is 5.73 Å². The van der Waals surface area contributed by atoms with Gasteiger partial charge in [-0.15, -0.1) is 0 Å². The van der Waals surface area contributed by atoms with Gasteiger partial charge in [-0.1, -0.05) is 54.6 Å². The third-order valence-corrected chi connectivity index (χ3v) is 2.80. The Morgan fingerprint density at radius 3 is 2.00 bits per heavy atom. The van der Waals surface area contributed by atoms with Crippen molar-refractivity contribution >= 4 is 6.01 Å². The van der Waals surface area contributed by atoms with Crippen molar-refractivity contribution in [1.82, 2.24) is 4.98 Å². The van der Waals surface area contributed by atoms with Crippen molar-refractivity contribution in [3.63, 3.8) is 0 Å². The van der Waals surface area contributed by atoms with Crippen LogP contribution in [-0.2, 0) is 0 Å². The molecular weight excluding hydrogens is 224 g/mol. The molecule has 18 heavy (non-hydrogen) atoms. The average Bonchev–Trinajstić information content (AvgIpc) is 2.87. The number of nitrogens with two attached hydrogens (primary N) is 1. The number of oxazole rings is 1. The van der Waals surface area contributed by atoms with E-state index < -0.39 is 0 Å². The fourth-order valence-electron chi connectivity index (χ4n) is 1.88. The van der Waals surface area contributed by atoms with Crippen LogP contribution in [0.3, 0.4) is 0 Å². The van der Waals surface area contributed by atoms with E-state index in [1.807, 2.05) is 30.3 Å². The van der Waals surface area contributed by atoms with E-state index in [4.69, 9.17) is 10.2 Å². The van der Waals surface area contributed by atoms with Crippen LogP contribution in [0, 0.1) is 0 Å². The van der Waals surface area contributed by atoms with Crippen LogP contribution in [0.25, 0.3) is 22.5 Å². The molecule has 2 aromatic carbocycles. The lowest BCUT2D eigenvalue weighted by Crippen LogP contribution is -1.80. The molecule has 0 radical (unpaired) electrons. The largest absolute Gasteiger partial charge is 0.424 e. The molecule has 0 aliphatic rings. The molecule has 0 aliphatic heterocycles. The highest BCUT2D eigenvalue weighted by Gasteiger charge is 2.04. The standard InChI is InChI=1S/C15H12N2O/c16-15-17-10-14(18-15)13-8-6-12(7-9-13)11-4-2-1-3-5-11/h1-10H,(H2,16,17). The summed E-state index contributed by atoms with van der Waals surface area (Å²) in [6, 6.07) is 18.5. The van der Waals surface area contributed by atoms with E-state index >= 15 is 0 Å². The topological polar surface area (TPSA) is 52.0 Å². The van der Waals surface area contributed by atoms with Crippen LogP contribution in [0.15, 0.2) is 65.2 Å². The van der Waals surface area contributed by atoms with Gasteiger partial charge < -0.3 is 10.2 Å². The summed E-state index contributed by atoms with van der Waals surface area (Å²) < 4.78 is 5.28. The first-order valence-corrected chi connectivity index (χ1v) is 5.70. The highest BCUT2D eigenvalue weighted by atomic mass is 16.4. The molecule has 0 unspecified atom stereocenters. The van der Waals surface area contributed by atoms with Gasteiger partial charge in [0, 0.05) is 5.56 Å². The summed E-state index contributed by atoms with van der Waals surface area (Å²) in [5.74, 6) is 0.687. The Morgan fingerprint density at radius 2 is 1.39 bits per heavy atom. The molecule has 3 heteroatoms. The Hall–Kier alpha value is -2.55. The summed E-state index contributed by atoms with van der Waals surface area (Å²) >= 11 is 0. The van der Waals surface area contributed by atoms with Crippen LogP contribution in [0.5, 0.6) is 0 Å². The van der Waals surface area contributed by atoms with Gasteiger partial charge in [0.1, 0.15) is 0 Å². The lowest BCUT2D eigenvalue weighted by molar-refractivity contribution is 0.595. The molecule has 0 saturated heterocycles. The van der Waals surface area contributed by atoms with E-state index in [0.717, 1.165) is 5.56 Å². The number of aromatic nitrogens is 1. The van der Waals surface area contributed by atoms with Crippen LogP contribution in [0.2, 0.25) is 0 Å². The maximum Gasteiger partial charge on any atom is 0.292 e. The predicted molar refractivity (Wildman–Crippen MR) is 71.8 cm³/mol. The van der Waals surface area contributed by atoms with Crippen LogP contribution in [0.4, 0.5) is 6.01 Å². The Labute approximate surface area is 105 Å². The second kappa shape index (κ2) is 4.37. The second-order valence-corrected chi connectivity index (χ2v) is 4.01. The monoisotopic (exact) mass is 236 g/mol.